The lowest BCUT2D eigenvalue weighted by atomic mass is 10.1. The molecule has 88 valence electrons. The zero-order valence-corrected chi connectivity index (χ0v) is 12.1. The molecule has 1 aromatic heterocycles. The van der Waals surface area contributed by atoms with Crippen LogP contribution in [0.5, 0.6) is 0 Å². The number of halogens is 3. The number of pyridine rings is 1. The van der Waals surface area contributed by atoms with Crippen LogP contribution in [0.2, 0.25) is 10.0 Å². The van der Waals surface area contributed by atoms with Crippen molar-refractivity contribution in [3.8, 4) is 11.3 Å². The zero-order chi connectivity index (χ0) is 12.4. The van der Waals surface area contributed by atoms with Crippen molar-refractivity contribution >= 4 is 44.9 Å². The highest BCUT2D eigenvalue weighted by Crippen LogP contribution is 2.33. The van der Waals surface area contributed by atoms with Gasteiger partial charge in [0.05, 0.1) is 15.7 Å². The first kappa shape index (κ1) is 12.7. The quantitative estimate of drug-likeness (QED) is 0.850. The molecule has 0 atom stereocenters. The molecule has 1 aromatic carbocycles. The van der Waals surface area contributed by atoms with Crippen molar-refractivity contribution in [2.24, 2.45) is 0 Å². The van der Waals surface area contributed by atoms with Gasteiger partial charge < -0.3 is 5.32 Å². The summed E-state index contributed by atoms with van der Waals surface area (Å²) in [6, 6.07) is 9.49. The molecule has 0 fully saturated rings. The molecule has 0 aliphatic rings. The van der Waals surface area contributed by atoms with E-state index in [0.29, 0.717) is 21.6 Å². The molecule has 0 saturated heterocycles. The number of aromatic nitrogens is 1. The van der Waals surface area contributed by atoms with Gasteiger partial charge in [-0.3, -0.25) is 0 Å². The smallest absolute Gasteiger partial charge is 0.145 e. The lowest BCUT2D eigenvalue weighted by Gasteiger charge is -2.09. The number of anilines is 1. The molecule has 0 saturated carbocycles. The monoisotopic (exact) mass is 330 g/mol. The van der Waals surface area contributed by atoms with Crippen molar-refractivity contribution in [1.82, 2.24) is 4.98 Å². The molecule has 0 bridgehead atoms. The summed E-state index contributed by atoms with van der Waals surface area (Å²) >= 11 is 15.6. The number of nitrogens with one attached hydrogen (secondary N) is 1. The maximum absolute atomic E-state index is 6.16. The van der Waals surface area contributed by atoms with Crippen molar-refractivity contribution in [2.45, 2.75) is 0 Å². The fourth-order valence-corrected chi connectivity index (χ4v) is 2.44. The van der Waals surface area contributed by atoms with Crippen LogP contribution >= 0.6 is 39.1 Å². The van der Waals surface area contributed by atoms with Gasteiger partial charge in [-0.05, 0) is 18.2 Å². The van der Waals surface area contributed by atoms with Gasteiger partial charge in [0.2, 0.25) is 0 Å². The minimum Gasteiger partial charge on any atom is -0.372 e. The molecule has 17 heavy (non-hydrogen) atoms. The largest absolute Gasteiger partial charge is 0.372 e. The maximum atomic E-state index is 6.16. The van der Waals surface area contributed by atoms with Crippen LogP contribution in [0.25, 0.3) is 11.3 Å². The molecule has 0 aliphatic carbocycles. The van der Waals surface area contributed by atoms with Crippen LogP contribution in [0.1, 0.15) is 0 Å². The summed E-state index contributed by atoms with van der Waals surface area (Å²) in [5.41, 5.74) is 1.65. The van der Waals surface area contributed by atoms with Gasteiger partial charge in [-0.2, -0.15) is 0 Å². The Morgan fingerprint density at radius 3 is 2.59 bits per heavy atom. The van der Waals surface area contributed by atoms with Crippen LogP contribution in [0.3, 0.4) is 0 Å². The Hall–Kier alpha value is -0.770. The number of nitrogens with zero attached hydrogens (tertiary/aromatic N) is 1. The van der Waals surface area contributed by atoms with Gasteiger partial charge in [-0.25, -0.2) is 4.98 Å². The maximum Gasteiger partial charge on any atom is 0.145 e. The van der Waals surface area contributed by atoms with Crippen molar-refractivity contribution < 1.29 is 0 Å². The molecular formula is C12H9BrCl2N2. The van der Waals surface area contributed by atoms with Crippen molar-refractivity contribution in [3.05, 3.63) is 44.8 Å². The lowest BCUT2D eigenvalue weighted by molar-refractivity contribution is 1.29. The molecule has 2 nitrogen and oxygen atoms in total. The number of hydrogen-bond donors (Lipinski definition) is 1. The zero-order valence-electron chi connectivity index (χ0n) is 8.97. The molecule has 1 heterocycles. The van der Waals surface area contributed by atoms with Crippen molar-refractivity contribution in [3.63, 3.8) is 0 Å². The molecule has 1 N–H and O–H groups in total. The van der Waals surface area contributed by atoms with Crippen LogP contribution in [0, 0.1) is 0 Å². The van der Waals surface area contributed by atoms with E-state index in [1.54, 1.807) is 13.1 Å². The molecule has 2 aromatic rings. The first-order valence-electron chi connectivity index (χ1n) is 4.91. The summed E-state index contributed by atoms with van der Waals surface area (Å²) in [5, 5.41) is 3.98. The average Bonchev–Trinajstić information content (AvgIpc) is 2.29. The summed E-state index contributed by atoms with van der Waals surface area (Å²) in [4.78, 5) is 4.41. The highest BCUT2D eigenvalue weighted by atomic mass is 79.9. The van der Waals surface area contributed by atoms with Gasteiger partial charge in [0.15, 0.2) is 0 Å². The molecule has 2 rings (SSSR count). The second-order valence-corrected chi connectivity index (χ2v) is 5.14. The molecule has 5 heteroatoms. The van der Waals surface area contributed by atoms with Crippen molar-refractivity contribution in [2.75, 3.05) is 12.4 Å². The van der Waals surface area contributed by atoms with Crippen LogP contribution in [0.15, 0.2) is 34.8 Å². The minimum atomic E-state index is 0.510. The second-order valence-electron chi connectivity index (χ2n) is 3.41. The molecular weight excluding hydrogens is 323 g/mol. The van der Waals surface area contributed by atoms with Gasteiger partial charge in [-0.1, -0.05) is 51.3 Å². The summed E-state index contributed by atoms with van der Waals surface area (Å²) < 4.78 is 0.980. The van der Waals surface area contributed by atoms with Gasteiger partial charge >= 0.3 is 0 Å². The lowest BCUT2D eigenvalue weighted by Crippen LogP contribution is -1.96. The Morgan fingerprint density at radius 2 is 1.94 bits per heavy atom. The summed E-state index contributed by atoms with van der Waals surface area (Å²) in [5.74, 6) is 0.617. The molecule has 0 radical (unpaired) electrons. The molecule has 0 unspecified atom stereocenters. The second kappa shape index (κ2) is 5.25. The Balaban J connectivity index is 2.59. The standard InChI is InChI=1S/C12H9BrCl2N2/c1-16-12-10(15)6-9(14)11(17-12)7-3-2-4-8(13)5-7/h2-6H,1H3,(H,16,17). The molecule has 0 aliphatic heterocycles. The number of benzene rings is 1. The van der Waals surface area contributed by atoms with Gasteiger partial charge in [0.1, 0.15) is 5.82 Å². The van der Waals surface area contributed by atoms with Gasteiger partial charge in [-0.15, -0.1) is 0 Å². The third-order valence-electron chi connectivity index (χ3n) is 2.26. The topological polar surface area (TPSA) is 24.9 Å². The van der Waals surface area contributed by atoms with E-state index in [1.165, 1.54) is 0 Å². The highest BCUT2D eigenvalue weighted by molar-refractivity contribution is 9.10. The van der Waals surface area contributed by atoms with Crippen LogP contribution in [-0.4, -0.2) is 12.0 Å². The Morgan fingerprint density at radius 1 is 1.18 bits per heavy atom. The van der Waals surface area contributed by atoms with Crippen LogP contribution in [-0.2, 0) is 0 Å². The fraction of sp³-hybridized carbons (Fsp3) is 0.0833. The number of rotatable bonds is 2. The normalized spacial score (nSPS) is 10.4. The summed E-state index contributed by atoms with van der Waals surface area (Å²) in [7, 11) is 1.77. The Kier molecular flexibility index (Phi) is 3.92. The van der Waals surface area contributed by atoms with E-state index in [0.717, 1.165) is 10.0 Å². The SMILES string of the molecule is CNc1nc(-c2cccc(Br)c2)c(Cl)cc1Cl. The van der Waals surface area contributed by atoms with E-state index in [-0.39, 0.29) is 0 Å². The van der Waals surface area contributed by atoms with E-state index in [9.17, 15) is 0 Å². The van der Waals surface area contributed by atoms with Crippen molar-refractivity contribution in [1.29, 1.82) is 0 Å². The average molecular weight is 332 g/mol. The van der Waals surface area contributed by atoms with Gasteiger partial charge in [0.25, 0.3) is 0 Å². The van der Waals surface area contributed by atoms with Gasteiger partial charge in [0, 0.05) is 17.1 Å². The summed E-state index contributed by atoms with van der Waals surface area (Å²) in [6.07, 6.45) is 0. The fourth-order valence-electron chi connectivity index (χ4n) is 1.48. The number of hydrogen-bond acceptors (Lipinski definition) is 2. The predicted molar refractivity (Wildman–Crippen MR) is 76.9 cm³/mol. The molecule has 0 amide bonds. The first-order valence-corrected chi connectivity index (χ1v) is 6.46. The third kappa shape index (κ3) is 2.73. The summed E-state index contributed by atoms with van der Waals surface area (Å²) in [6.45, 7) is 0. The Labute approximate surface area is 118 Å². The van der Waals surface area contributed by atoms with Crippen LogP contribution < -0.4 is 5.32 Å². The Bertz CT molecular complexity index is 558. The third-order valence-corrected chi connectivity index (χ3v) is 3.33. The highest BCUT2D eigenvalue weighted by Gasteiger charge is 2.10. The predicted octanol–water partition coefficient (Wildman–Crippen LogP) is 4.86. The first-order chi connectivity index (χ1) is 8.11. The van der Waals surface area contributed by atoms with E-state index in [2.05, 4.69) is 26.2 Å². The molecule has 0 spiro atoms. The van der Waals surface area contributed by atoms with E-state index in [4.69, 9.17) is 23.2 Å². The van der Waals surface area contributed by atoms with E-state index in [1.807, 2.05) is 24.3 Å². The van der Waals surface area contributed by atoms with E-state index >= 15 is 0 Å². The van der Waals surface area contributed by atoms with E-state index < -0.39 is 0 Å². The minimum absolute atomic E-state index is 0.510. The van der Waals surface area contributed by atoms with Crippen LogP contribution in [0.4, 0.5) is 5.82 Å².